The number of para-hydroxylation sites is 1. The highest BCUT2D eigenvalue weighted by molar-refractivity contribution is 6.03. The van der Waals surface area contributed by atoms with Gasteiger partial charge in [-0.3, -0.25) is 4.79 Å². The van der Waals surface area contributed by atoms with Crippen LogP contribution in [0.1, 0.15) is 83.9 Å². The van der Waals surface area contributed by atoms with Crippen LogP contribution in [0.25, 0.3) is 0 Å². The van der Waals surface area contributed by atoms with E-state index in [-0.39, 0.29) is 16.7 Å². The molecule has 1 N–H and O–H groups in total. The second-order valence-corrected chi connectivity index (χ2v) is 13.3. The van der Waals surface area contributed by atoms with E-state index in [1.54, 1.807) is 0 Å². The van der Waals surface area contributed by atoms with Gasteiger partial charge < -0.3 is 19.7 Å². The topological polar surface area (TPSA) is 53.8 Å². The average molecular weight is 627 g/mol. The quantitative estimate of drug-likeness (QED) is 0.110. The SMILES string of the molecule is CCOCCOCCNC(=O)CCCCC[N+]1=C(/C=C/C=C/C=C2\N(CC)c3ccccc3C2(C)C)C(C)(C)c2cc(C)ccc21. The van der Waals surface area contributed by atoms with Crippen LogP contribution in [0, 0.1) is 6.92 Å². The summed E-state index contributed by atoms with van der Waals surface area (Å²) in [7, 11) is 0. The molecule has 2 aromatic carbocycles. The zero-order valence-electron chi connectivity index (χ0n) is 29.3. The Balaban J connectivity index is 1.38. The molecule has 0 saturated carbocycles. The fraction of sp³-hybridized carbons (Fsp3) is 0.500. The molecular formula is C40H56N3O3+. The van der Waals surface area contributed by atoms with Gasteiger partial charge in [0.05, 0.1) is 25.2 Å². The van der Waals surface area contributed by atoms with E-state index in [4.69, 9.17) is 9.47 Å². The van der Waals surface area contributed by atoms with Crippen LogP contribution in [0.4, 0.5) is 11.4 Å². The molecule has 0 fully saturated rings. The molecule has 0 aromatic heterocycles. The van der Waals surface area contributed by atoms with Crippen LogP contribution in [-0.4, -0.2) is 62.3 Å². The number of aryl methyl sites for hydroxylation is 1. The van der Waals surface area contributed by atoms with Crippen LogP contribution in [0.5, 0.6) is 0 Å². The van der Waals surface area contributed by atoms with Crippen molar-refractivity contribution in [1.82, 2.24) is 5.32 Å². The Morgan fingerprint density at radius 1 is 0.891 bits per heavy atom. The third-order valence-electron chi connectivity index (χ3n) is 9.32. The molecule has 0 spiro atoms. The van der Waals surface area contributed by atoms with Crippen LogP contribution < -0.4 is 10.2 Å². The van der Waals surface area contributed by atoms with Crippen molar-refractivity contribution in [3.8, 4) is 0 Å². The number of carbonyl (C=O) groups excluding carboxylic acids is 1. The predicted octanol–water partition coefficient (Wildman–Crippen LogP) is 7.91. The third-order valence-corrected chi connectivity index (χ3v) is 9.32. The summed E-state index contributed by atoms with van der Waals surface area (Å²) >= 11 is 0. The zero-order chi connectivity index (χ0) is 33.2. The van der Waals surface area contributed by atoms with Crippen LogP contribution in [-0.2, 0) is 25.1 Å². The number of hydrogen-bond acceptors (Lipinski definition) is 4. The van der Waals surface area contributed by atoms with E-state index < -0.39 is 0 Å². The molecule has 0 atom stereocenters. The lowest BCUT2D eigenvalue weighted by molar-refractivity contribution is -0.438. The second-order valence-electron chi connectivity index (χ2n) is 13.3. The molecule has 0 saturated heterocycles. The average Bonchev–Trinajstić information content (AvgIpc) is 3.38. The molecule has 2 aliphatic rings. The first-order valence-corrected chi connectivity index (χ1v) is 17.2. The van der Waals surface area contributed by atoms with E-state index in [1.807, 2.05) is 6.92 Å². The Hall–Kier alpha value is -3.48. The fourth-order valence-corrected chi connectivity index (χ4v) is 6.82. The number of rotatable bonds is 17. The van der Waals surface area contributed by atoms with E-state index in [0.717, 1.165) is 32.4 Å². The number of allylic oxidation sites excluding steroid dienone is 6. The molecule has 6 heteroatoms. The number of anilines is 1. The summed E-state index contributed by atoms with van der Waals surface area (Å²) in [6, 6.07) is 15.6. The van der Waals surface area contributed by atoms with Crippen molar-refractivity contribution in [2.45, 2.75) is 85.0 Å². The summed E-state index contributed by atoms with van der Waals surface area (Å²) in [6.07, 6.45) is 14.6. The maximum absolute atomic E-state index is 12.3. The van der Waals surface area contributed by atoms with Crippen LogP contribution in [0.3, 0.4) is 0 Å². The summed E-state index contributed by atoms with van der Waals surface area (Å²) in [5, 5.41) is 2.97. The van der Waals surface area contributed by atoms with Crippen molar-refractivity contribution in [3.05, 3.63) is 95.2 Å². The van der Waals surface area contributed by atoms with Gasteiger partial charge in [-0.1, -0.05) is 61.9 Å². The molecule has 0 unspecified atom stereocenters. The molecule has 2 heterocycles. The van der Waals surface area contributed by atoms with Crippen LogP contribution in [0.2, 0.25) is 0 Å². The normalized spacial score (nSPS) is 17.5. The van der Waals surface area contributed by atoms with Gasteiger partial charge in [-0.15, -0.1) is 0 Å². The number of amides is 1. The molecule has 0 bridgehead atoms. The summed E-state index contributed by atoms with van der Waals surface area (Å²) in [5.74, 6) is 0.0976. The highest BCUT2D eigenvalue weighted by Crippen LogP contribution is 2.47. The highest BCUT2D eigenvalue weighted by atomic mass is 16.5. The van der Waals surface area contributed by atoms with Gasteiger partial charge in [-0.25, -0.2) is 0 Å². The summed E-state index contributed by atoms with van der Waals surface area (Å²) in [6.45, 7) is 20.5. The van der Waals surface area contributed by atoms with Crippen LogP contribution >= 0.6 is 0 Å². The van der Waals surface area contributed by atoms with Gasteiger partial charge in [0.25, 0.3) is 0 Å². The molecule has 6 nitrogen and oxygen atoms in total. The van der Waals surface area contributed by atoms with Gasteiger partial charge in [0.15, 0.2) is 5.71 Å². The first-order chi connectivity index (χ1) is 22.1. The first kappa shape index (κ1) is 35.4. The van der Waals surface area contributed by atoms with Crippen molar-refractivity contribution in [1.29, 1.82) is 0 Å². The van der Waals surface area contributed by atoms with Crippen LogP contribution in [0.15, 0.2) is 78.5 Å². The fourth-order valence-electron chi connectivity index (χ4n) is 6.82. The van der Waals surface area contributed by atoms with Gasteiger partial charge in [-0.2, -0.15) is 4.58 Å². The lowest BCUT2D eigenvalue weighted by Gasteiger charge is -2.25. The number of fused-ring (bicyclic) bond motifs is 2. The van der Waals surface area contributed by atoms with Gasteiger partial charge in [0.1, 0.15) is 6.54 Å². The highest BCUT2D eigenvalue weighted by Gasteiger charge is 2.44. The Labute approximate surface area is 277 Å². The van der Waals surface area contributed by atoms with Crippen molar-refractivity contribution in [3.63, 3.8) is 0 Å². The maximum Gasteiger partial charge on any atom is 0.220 e. The number of likely N-dealkylation sites (N-methyl/N-ethyl adjacent to an activating group) is 1. The largest absolute Gasteiger partial charge is 0.379 e. The smallest absolute Gasteiger partial charge is 0.220 e. The number of carbonyl (C=O) groups is 1. The Kier molecular flexibility index (Phi) is 12.6. The van der Waals surface area contributed by atoms with Gasteiger partial charge in [0, 0.05) is 67.0 Å². The summed E-state index contributed by atoms with van der Waals surface area (Å²) in [4.78, 5) is 14.7. The van der Waals surface area contributed by atoms with Gasteiger partial charge >= 0.3 is 0 Å². The van der Waals surface area contributed by atoms with Gasteiger partial charge in [0.2, 0.25) is 11.6 Å². The number of ether oxygens (including phenoxy) is 2. The van der Waals surface area contributed by atoms with Crippen molar-refractivity contribution in [2.75, 3.05) is 51.0 Å². The van der Waals surface area contributed by atoms with E-state index in [1.165, 1.54) is 39.5 Å². The van der Waals surface area contributed by atoms with E-state index in [0.29, 0.717) is 39.4 Å². The first-order valence-electron chi connectivity index (χ1n) is 17.2. The van der Waals surface area contributed by atoms with Crippen molar-refractivity contribution >= 4 is 23.0 Å². The molecular weight excluding hydrogens is 570 g/mol. The minimum absolute atomic E-state index is 0.0298. The van der Waals surface area contributed by atoms with E-state index in [9.17, 15) is 4.79 Å². The standard InChI is InChI=1S/C40H55N3O3/c1-8-42-34-19-16-15-18-32(34)39(4,5)36(42)20-12-10-13-21-37-40(6,7)33-30-31(3)23-24-35(33)43(37)26-17-11-14-22-38(44)41-25-27-46-29-28-45-9-2/h10,12-13,15-16,18-21,23-24,30H,8-9,11,14,17,22,25-29H2,1-7H3/p+1. The lowest BCUT2D eigenvalue weighted by atomic mass is 9.81. The van der Waals surface area contributed by atoms with E-state index in [2.05, 4.69) is 129 Å². The minimum Gasteiger partial charge on any atom is -0.379 e. The molecule has 2 aromatic rings. The lowest BCUT2D eigenvalue weighted by Crippen LogP contribution is -2.28. The third kappa shape index (κ3) is 8.26. The van der Waals surface area contributed by atoms with E-state index >= 15 is 0 Å². The number of benzene rings is 2. The number of hydrogen-bond donors (Lipinski definition) is 1. The molecule has 0 aliphatic carbocycles. The molecule has 46 heavy (non-hydrogen) atoms. The summed E-state index contributed by atoms with van der Waals surface area (Å²) in [5.41, 5.74) is 9.19. The number of unbranched alkanes of at least 4 members (excludes halogenated alkanes) is 2. The zero-order valence-corrected chi connectivity index (χ0v) is 29.3. The van der Waals surface area contributed by atoms with Gasteiger partial charge in [-0.05, 0) is 71.2 Å². The maximum atomic E-state index is 12.3. The molecule has 0 radical (unpaired) electrons. The molecule has 4 rings (SSSR count). The molecule has 248 valence electrons. The number of nitrogens with zero attached hydrogens (tertiary/aromatic N) is 2. The second kappa shape index (κ2) is 16.4. The Bertz CT molecular complexity index is 1460. The summed E-state index contributed by atoms with van der Waals surface area (Å²) < 4.78 is 13.2. The monoisotopic (exact) mass is 626 g/mol. The molecule has 1 amide bonds. The predicted molar refractivity (Wildman–Crippen MR) is 192 cm³/mol. The minimum atomic E-state index is -0.0944. The van der Waals surface area contributed by atoms with Crippen molar-refractivity contribution < 1.29 is 18.8 Å². The molecule has 2 aliphatic heterocycles. The Morgan fingerprint density at radius 2 is 1.67 bits per heavy atom. The number of nitrogens with one attached hydrogen (secondary N) is 1. The van der Waals surface area contributed by atoms with Crippen molar-refractivity contribution in [2.24, 2.45) is 0 Å². The Morgan fingerprint density at radius 3 is 2.46 bits per heavy atom.